The molecule has 0 saturated heterocycles. The molecule has 1 aromatic carbocycles. The van der Waals surface area contributed by atoms with E-state index in [1.54, 1.807) is 49.7 Å². The molecule has 1 amide bonds. The van der Waals surface area contributed by atoms with Crippen LogP contribution in [0.3, 0.4) is 0 Å². The summed E-state index contributed by atoms with van der Waals surface area (Å²) in [5, 5.41) is 2.49. The first kappa shape index (κ1) is 13.0. The Bertz CT molecular complexity index is 609. The second-order valence-electron chi connectivity index (χ2n) is 4.09. The SMILES string of the molecule is Cc1ccc(NC(=O)/C=C/c2ccncc2)c(F)c1. The Kier molecular flexibility index (Phi) is 4.03. The molecule has 96 valence electrons. The molecule has 19 heavy (non-hydrogen) atoms. The van der Waals surface area contributed by atoms with Crippen LogP contribution in [0.2, 0.25) is 0 Å². The number of rotatable bonds is 3. The van der Waals surface area contributed by atoms with Crippen LogP contribution in [0.15, 0.2) is 48.8 Å². The average molecular weight is 256 g/mol. The van der Waals surface area contributed by atoms with Crippen LogP contribution in [-0.2, 0) is 4.79 Å². The minimum atomic E-state index is -0.439. The van der Waals surface area contributed by atoms with E-state index in [9.17, 15) is 9.18 Å². The lowest BCUT2D eigenvalue weighted by atomic mass is 10.2. The minimum Gasteiger partial charge on any atom is -0.320 e. The smallest absolute Gasteiger partial charge is 0.248 e. The van der Waals surface area contributed by atoms with Crippen molar-refractivity contribution in [2.45, 2.75) is 6.92 Å². The second kappa shape index (κ2) is 5.91. The van der Waals surface area contributed by atoms with E-state index in [0.717, 1.165) is 11.1 Å². The Morgan fingerprint density at radius 3 is 2.68 bits per heavy atom. The molecule has 3 nitrogen and oxygen atoms in total. The summed E-state index contributed by atoms with van der Waals surface area (Å²) in [6, 6.07) is 8.21. The van der Waals surface area contributed by atoms with Crippen LogP contribution < -0.4 is 5.32 Å². The molecule has 2 aromatic rings. The van der Waals surface area contributed by atoms with Crippen molar-refractivity contribution in [2.24, 2.45) is 0 Å². The lowest BCUT2D eigenvalue weighted by Gasteiger charge is -2.04. The average Bonchev–Trinajstić information content (AvgIpc) is 2.41. The molecule has 0 spiro atoms. The number of benzene rings is 1. The first-order valence-electron chi connectivity index (χ1n) is 5.80. The largest absolute Gasteiger partial charge is 0.320 e. The summed E-state index contributed by atoms with van der Waals surface area (Å²) >= 11 is 0. The third-order valence-electron chi connectivity index (χ3n) is 2.52. The third kappa shape index (κ3) is 3.74. The number of pyridine rings is 1. The van der Waals surface area contributed by atoms with Gasteiger partial charge < -0.3 is 5.32 Å². The van der Waals surface area contributed by atoms with Gasteiger partial charge in [0.25, 0.3) is 0 Å². The molecule has 2 rings (SSSR count). The molecule has 0 aliphatic carbocycles. The van der Waals surface area contributed by atoms with Gasteiger partial charge in [-0.2, -0.15) is 0 Å². The Hall–Kier alpha value is -2.49. The number of anilines is 1. The highest BCUT2D eigenvalue weighted by Gasteiger charge is 2.04. The fourth-order valence-electron chi connectivity index (χ4n) is 1.54. The number of aromatic nitrogens is 1. The molecule has 1 heterocycles. The molecule has 0 aliphatic rings. The standard InChI is InChI=1S/C15H13FN2O/c1-11-2-4-14(13(16)10-11)18-15(19)5-3-12-6-8-17-9-7-12/h2-10H,1H3,(H,18,19)/b5-3+. The predicted molar refractivity (Wildman–Crippen MR) is 73.0 cm³/mol. The van der Waals surface area contributed by atoms with Crippen molar-refractivity contribution < 1.29 is 9.18 Å². The third-order valence-corrected chi connectivity index (χ3v) is 2.52. The van der Waals surface area contributed by atoms with Crippen LogP contribution in [0.5, 0.6) is 0 Å². The number of nitrogens with zero attached hydrogens (tertiary/aromatic N) is 1. The number of carbonyl (C=O) groups is 1. The molecule has 0 radical (unpaired) electrons. The van der Waals surface area contributed by atoms with E-state index < -0.39 is 5.82 Å². The van der Waals surface area contributed by atoms with E-state index in [2.05, 4.69) is 10.3 Å². The monoisotopic (exact) mass is 256 g/mol. The lowest BCUT2D eigenvalue weighted by Crippen LogP contribution is -2.09. The first-order valence-corrected chi connectivity index (χ1v) is 5.80. The molecule has 1 N–H and O–H groups in total. The van der Waals surface area contributed by atoms with Gasteiger partial charge in [0.05, 0.1) is 5.69 Å². The Labute approximate surface area is 110 Å². The zero-order valence-corrected chi connectivity index (χ0v) is 10.4. The quantitative estimate of drug-likeness (QED) is 0.857. The number of amides is 1. The van der Waals surface area contributed by atoms with E-state index in [1.165, 1.54) is 12.1 Å². The first-order chi connectivity index (χ1) is 9.15. The molecule has 0 fully saturated rings. The Morgan fingerprint density at radius 1 is 1.26 bits per heavy atom. The zero-order valence-electron chi connectivity index (χ0n) is 10.4. The topological polar surface area (TPSA) is 42.0 Å². The highest BCUT2D eigenvalue weighted by molar-refractivity contribution is 6.01. The van der Waals surface area contributed by atoms with Gasteiger partial charge in [0.1, 0.15) is 5.82 Å². The van der Waals surface area contributed by atoms with E-state index in [1.807, 2.05) is 0 Å². The minimum absolute atomic E-state index is 0.176. The van der Waals surface area contributed by atoms with Crippen LogP contribution in [0, 0.1) is 12.7 Å². The van der Waals surface area contributed by atoms with Crippen molar-refractivity contribution in [3.63, 3.8) is 0 Å². The summed E-state index contributed by atoms with van der Waals surface area (Å²) in [5.41, 5.74) is 1.84. The summed E-state index contributed by atoms with van der Waals surface area (Å²) in [5.74, 6) is -0.815. The molecule has 0 aliphatic heterocycles. The number of halogens is 1. The molecule has 1 aromatic heterocycles. The summed E-state index contributed by atoms with van der Waals surface area (Å²) in [4.78, 5) is 15.5. The molecule has 0 bridgehead atoms. The molecular weight excluding hydrogens is 243 g/mol. The van der Waals surface area contributed by atoms with Gasteiger partial charge in [-0.15, -0.1) is 0 Å². The summed E-state index contributed by atoms with van der Waals surface area (Å²) < 4.78 is 13.5. The fraction of sp³-hybridized carbons (Fsp3) is 0.0667. The highest BCUT2D eigenvalue weighted by atomic mass is 19.1. The van der Waals surface area contributed by atoms with Crippen molar-refractivity contribution >= 4 is 17.7 Å². The van der Waals surface area contributed by atoms with Crippen LogP contribution in [-0.4, -0.2) is 10.9 Å². The molecule has 0 saturated carbocycles. The fourth-order valence-corrected chi connectivity index (χ4v) is 1.54. The van der Waals surface area contributed by atoms with Gasteiger partial charge in [-0.3, -0.25) is 9.78 Å². The number of carbonyl (C=O) groups excluding carboxylic acids is 1. The van der Waals surface area contributed by atoms with Crippen molar-refractivity contribution in [2.75, 3.05) is 5.32 Å². The summed E-state index contributed by atoms with van der Waals surface area (Å²) in [7, 11) is 0. The van der Waals surface area contributed by atoms with Gasteiger partial charge >= 0.3 is 0 Å². The number of aryl methyl sites for hydroxylation is 1. The normalized spacial score (nSPS) is 10.6. The van der Waals surface area contributed by atoms with Gasteiger partial charge in [-0.05, 0) is 48.4 Å². The lowest BCUT2D eigenvalue weighted by molar-refractivity contribution is -0.111. The van der Waals surface area contributed by atoms with Crippen LogP contribution >= 0.6 is 0 Å². The number of hydrogen-bond donors (Lipinski definition) is 1. The van der Waals surface area contributed by atoms with Crippen molar-refractivity contribution in [3.8, 4) is 0 Å². The second-order valence-corrected chi connectivity index (χ2v) is 4.09. The maximum Gasteiger partial charge on any atom is 0.248 e. The van der Waals surface area contributed by atoms with Gasteiger partial charge in [0.2, 0.25) is 5.91 Å². The Balaban J connectivity index is 2.04. The summed E-state index contributed by atoms with van der Waals surface area (Å²) in [6.45, 7) is 1.79. The maximum absolute atomic E-state index is 13.5. The zero-order chi connectivity index (χ0) is 13.7. The van der Waals surface area contributed by atoms with Gasteiger partial charge in [0.15, 0.2) is 0 Å². The van der Waals surface area contributed by atoms with Crippen molar-refractivity contribution in [1.29, 1.82) is 0 Å². The number of nitrogens with one attached hydrogen (secondary N) is 1. The summed E-state index contributed by atoms with van der Waals surface area (Å²) in [6.07, 6.45) is 6.27. The predicted octanol–water partition coefficient (Wildman–Crippen LogP) is 3.18. The molecule has 4 heteroatoms. The van der Waals surface area contributed by atoms with Gasteiger partial charge in [0, 0.05) is 18.5 Å². The highest BCUT2D eigenvalue weighted by Crippen LogP contribution is 2.15. The molecule has 0 atom stereocenters. The van der Waals surface area contributed by atoms with Gasteiger partial charge in [-0.25, -0.2) is 4.39 Å². The molecule has 0 unspecified atom stereocenters. The number of hydrogen-bond acceptors (Lipinski definition) is 2. The van der Waals surface area contributed by atoms with E-state index >= 15 is 0 Å². The van der Waals surface area contributed by atoms with E-state index in [4.69, 9.17) is 0 Å². The van der Waals surface area contributed by atoms with Crippen LogP contribution in [0.25, 0.3) is 6.08 Å². The molecular formula is C15H13FN2O. The maximum atomic E-state index is 13.5. The Morgan fingerprint density at radius 2 is 2.00 bits per heavy atom. The van der Waals surface area contributed by atoms with E-state index in [-0.39, 0.29) is 11.6 Å². The van der Waals surface area contributed by atoms with Crippen molar-refractivity contribution in [3.05, 3.63) is 65.7 Å². The van der Waals surface area contributed by atoms with Crippen LogP contribution in [0.1, 0.15) is 11.1 Å². The van der Waals surface area contributed by atoms with Crippen molar-refractivity contribution in [1.82, 2.24) is 4.98 Å². The van der Waals surface area contributed by atoms with Gasteiger partial charge in [-0.1, -0.05) is 6.07 Å². The van der Waals surface area contributed by atoms with Crippen LogP contribution in [0.4, 0.5) is 10.1 Å². The van der Waals surface area contributed by atoms with E-state index in [0.29, 0.717) is 0 Å².